The molecular weight excluding hydrogens is 767 g/mol. The molecule has 2 aliphatic rings. The Balaban J connectivity index is -0.0000000719. The van der Waals surface area contributed by atoms with Gasteiger partial charge in [-0.1, -0.05) is 189 Å². The highest BCUT2D eigenvalue weighted by Gasteiger charge is 2.44. The van der Waals surface area contributed by atoms with Gasteiger partial charge in [0, 0.05) is 24.4 Å². The van der Waals surface area contributed by atoms with Gasteiger partial charge >= 0.3 is 0 Å². The van der Waals surface area contributed by atoms with Gasteiger partial charge in [-0.25, -0.2) is 26.3 Å². The highest BCUT2D eigenvalue weighted by atomic mass is 19.3. The van der Waals surface area contributed by atoms with Crippen molar-refractivity contribution in [3.05, 3.63) is 0 Å². The summed E-state index contributed by atoms with van der Waals surface area (Å²) in [5.74, 6) is -3.16. The molecule has 0 amide bonds. The van der Waals surface area contributed by atoms with Crippen molar-refractivity contribution in [1.82, 2.24) is 0 Å². The third-order valence-corrected chi connectivity index (χ3v) is 13.6. The van der Waals surface area contributed by atoms with Crippen molar-refractivity contribution in [3.8, 4) is 0 Å². The maximum Gasteiger partial charge on any atom is 0.250 e. The van der Waals surface area contributed by atoms with E-state index in [-0.39, 0.29) is 47.5 Å². The molecular formula is C53H118F6O. The van der Waals surface area contributed by atoms with Crippen molar-refractivity contribution in [2.75, 3.05) is 13.7 Å². The summed E-state index contributed by atoms with van der Waals surface area (Å²) in [4.78, 5) is 0. The van der Waals surface area contributed by atoms with Crippen LogP contribution in [0.2, 0.25) is 0 Å². The number of alkyl halides is 6. The predicted molar refractivity (Wildman–Crippen MR) is 265 cm³/mol. The maximum atomic E-state index is 12.8. The van der Waals surface area contributed by atoms with Gasteiger partial charge in [0.05, 0.1) is 6.61 Å². The van der Waals surface area contributed by atoms with Crippen molar-refractivity contribution in [2.45, 2.75) is 253 Å². The first kappa shape index (κ1) is 79.9. The average molecular weight is 886 g/mol. The van der Waals surface area contributed by atoms with E-state index in [1.807, 2.05) is 41.5 Å². The predicted octanol–water partition coefficient (Wildman–Crippen LogP) is 20.8. The molecule has 0 aromatic carbocycles. The Morgan fingerprint density at radius 2 is 0.783 bits per heavy atom. The van der Waals surface area contributed by atoms with Crippen LogP contribution in [0.25, 0.3) is 0 Å². The van der Waals surface area contributed by atoms with Gasteiger partial charge in [0.15, 0.2) is 0 Å². The molecule has 2 atom stereocenters. The summed E-state index contributed by atoms with van der Waals surface area (Å²) >= 11 is 0. The lowest BCUT2D eigenvalue weighted by molar-refractivity contribution is -0.110. The van der Waals surface area contributed by atoms with E-state index in [2.05, 4.69) is 90.0 Å². The highest BCUT2D eigenvalue weighted by Crippen LogP contribution is 2.51. The van der Waals surface area contributed by atoms with Crippen LogP contribution in [0.4, 0.5) is 26.3 Å². The van der Waals surface area contributed by atoms with Crippen LogP contribution in [0.15, 0.2) is 0 Å². The van der Waals surface area contributed by atoms with Gasteiger partial charge in [-0.15, -0.1) is 0 Å². The fraction of sp³-hybridized carbons (Fsp3) is 1.00. The Bertz CT molecular complexity index is 869. The number of methoxy groups -OCH3 is 1. The summed E-state index contributed by atoms with van der Waals surface area (Å²) in [5, 5.41) is 0. The molecule has 0 radical (unpaired) electrons. The fourth-order valence-corrected chi connectivity index (χ4v) is 3.75. The molecule has 0 spiro atoms. The largest absolute Gasteiger partial charge is 0.384 e. The van der Waals surface area contributed by atoms with Crippen LogP contribution in [0.1, 0.15) is 235 Å². The second-order valence-electron chi connectivity index (χ2n) is 21.7. The van der Waals surface area contributed by atoms with E-state index in [9.17, 15) is 26.3 Å². The standard InChI is InChI=1S/C8H16F2.C8H18O.2C7H14F2.C7H14.C6H12.C6H14.4CH4/c1-6(2)7(3,4)8(5,9)10;1-7(2)8(3,4)6-9-5;2*1-5(2)6(3)7(4,8)9;1-6(2)7(3)4-5-7;1-5(2)6-3-4-6;1-5(2)6(3)4;;;;/h6H,1-5H3;7H,6H2,1-5H3;2*5-6H,1-4H3;6H,4-5H2,1-3H3;5-6H,3-4H2,1-2H3;5-6H,1-4H3;4*1H4/t;;2*6-;;;;;;;/m..10......./s1. The molecule has 0 heterocycles. The van der Waals surface area contributed by atoms with Crippen molar-refractivity contribution in [2.24, 2.45) is 81.3 Å². The molecule has 0 saturated heterocycles. The van der Waals surface area contributed by atoms with Gasteiger partial charge in [-0.2, -0.15) is 0 Å². The molecule has 0 aromatic heterocycles. The van der Waals surface area contributed by atoms with Crippen molar-refractivity contribution in [1.29, 1.82) is 0 Å². The number of hydrogen-bond donors (Lipinski definition) is 0. The molecule has 2 fully saturated rings. The van der Waals surface area contributed by atoms with Crippen molar-refractivity contribution < 1.29 is 31.1 Å². The Hall–Kier alpha value is -0.460. The molecule has 2 rings (SSSR count). The lowest BCUT2D eigenvalue weighted by Gasteiger charge is -2.35. The van der Waals surface area contributed by atoms with Gasteiger partial charge < -0.3 is 4.74 Å². The fourth-order valence-electron chi connectivity index (χ4n) is 3.75. The second-order valence-corrected chi connectivity index (χ2v) is 21.7. The zero-order valence-corrected chi connectivity index (χ0v) is 42.6. The topological polar surface area (TPSA) is 9.23 Å². The smallest absolute Gasteiger partial charge is 0.250 e. The molecule has 2 saturated carbocycles. The highest BCUT2D eigenvalue weighted by molar-refractivity contribution is 4.90. The first-order valence-electron chi connectivity index (χ1n) is 22.1. The van der Waals surface area contributed by atoms with Crippen LogP contribution < -0.4 is 0 Å². The average Bonchev–Trinajstić information content (AvgIpc) is 3.93. The number of hydrogen-bond acceptors (Lipinski definition) is 1. The first-order chi connectivity index (χ1) is 24.5. The summed E-state index contributed by atoms with van der Waals surface area (Å²) in [6.45, 7) is 50.4. The van der Waals surface area contributed by atoms with Crippen LogP contribution in [-0.4, -0.2) is 31.5 Å². The summed E-state index contributed by atoms with van der Waals surface area (Å²) in [6, 6.07) is 0. The molecule has 0 unspecified atom stereocenters. The van der Waals surface area contributed by atoms with E-state index < -0.39 is 35.0 Å². The maximum absolute atomic E-state index is 12.8. The third kappa shape index (κ3) is 41.5. The van der Waals surface area contributed by atoms with Gasteiger partial charge in [-0.05, 0) is 111 Å². The van der Waals surface area contributed by atoms with Crippen molar-refractivity contribution >= 4 is 0 Å². The van der Waals surface area contributed by atoms with Crippen LogP contribution in [0, 0.1) is 81.3 Å². The number of halogens is 6. The van der Waals surface area contributed by atoms with E-state index in [1.165, 1.54) is 25.7 Å². The van der Waals surface area contributed by atoms with E-state index in [1.54, 1.807) is 34.8 Å². The van der Waals surface area contributed by atoms with Crippen LogP contribution in [0.3, 0.4) is 0 Å². The van der Waals surface area contributed by atoms with Gasteiger partial charge in [0.1, 0.15) is 0 Å². The SMILES string of the molecule is C.C.C.C.CC(C)C(C)(C)C(C)(F)F.CC(C)C(C)C.CC(C)C1(C)CC1.CC(C)C1CC1.CC(C)[C@@H](C)C(C)(F)F.CC(C)[C@H](C)C(C)(F)F.COCC(C)(C)C(C)C. The summed E-state index contributed by atoms with van der Waals surface area (Å²) in [6.07, 6.45) is 5.92. The lowest BCUT2D eigenvalue weighted by atomic mass is 9.76. The molecule has 7 heteroatoms. The van der Waals surface area contributed by atoms with Crippen LogP contribution in [0.5, 0.6) is 0 Å². The molecule has 60 heavy (non-hydrogen) atoms. The molecule has 0 aliphatic heterocycles. The molecule has 378 valence electrons. The Labute approximate surface area is 378 Å². The minimum Gasteiger partial charge on any atom is -0.384 e. The zero-order chi connectivity index (χ0) is 46.6. The molecule has 2 aliphatic carbocycles. The zero-order valence-electron chi connectivity index (χ0n) is 42.6. The van der Waals surface area contributed by atoms with Crippen molar-refractivity contribution in [3.63, 3.8) is 0 Å². The van der Waals surface area contributed by atoms with E-state index in [0.29, 0.717) is 11.3 Å². The summed E-state index contributed by atoms with van der Waals surface area (Å²) in [7, 11) is 1.75. The van der Waals surface area contributed by atoms with Crippen LogP contribution >= 0.6 is 0 Å². The number of rotatable bonds is 12. The normalized spacial score (nSPS) is 15.6. The van der Waals surface area contributed by atoms with Crippen LogP contribution in [-0.2, 0) is 4.74 Å². The van der Waals surface area contributed by atoms with Gasteiger partial charge in [-0.3, -0.25) is 0 Å². The summed E-state index contributed by atoms with van der Waals surface area (Å²) in [5.41, 5.74) is 0.182. The monoisotopic (exact) mass is 885 g/mol. The third-order valence-electron chi connectivity index (χ3n) is 13.6. The number of ether oxygens (including phenoxy) is 1. The molecule has 0 bridgehead atoms. The lowest BCUT2D eigenvalue weighted by Crippen LogP contribution is -2.37. The summed E-state index contributed by atoms with van der Waals surface area (Å²) < 4.78 is 80.0. The Morgan fingerprint density at radius 1 is 0.500 bits per heavy atom. The second kappa shape index (κ2) is 34.9. The van der Waals surface area contributed by atoms with E-state index >= 15 is 0 Å². The Morgan fingerprint density at radius 3 is 0.800 bits per heavy atom. The first-order valence-corrected chi connectivity index (χ1v) is 22.1. The van der Waals surface area contributed by atoms with E-state index in [0.717, 1.165) is 62.4 Å². The molecule has 0 N–H and O–H groups in total. The van der Waals surface area contributed by atoms with E-state index in [4.69, 9.17) is 4.74 Å². The molecule has 1 nitrogen and oxygen atoms in total. The van der Waals surface area contributed by atoms with Gasteiger partial charge in [0.25, 0.3) is 5.92 Å². The quantitative estimate of drug-likeness (QED) is 0.177. The molecule has 0 aromatic rings. The minimum absolute atomic E-state index is 0. The minimum atomic E-state index is -2.58. The van der Waals surface area contributed by atoms with Gasteiger partial charge in [0.2, 0.25) is 11.8 Å². The Kier molecular flexibility index (Phi) is 46.4.